The molecule has 0 radical (unpaired) electrons. The zero-order valence-corrected chi connectivity index (χ0v) is 33.8. The number of fused-ring (bicyclic) bond motifs is 6. The topological polar surface area (TPSA) is 209 Å². The van der Waals surface area contributed by atoms with Crippen molar-refractivity contribution in [3.63, 3.8) is 0 Å². The van der Waals surface area contributed by atoms with Gasteiger partial charge in [0.05, 0.1) is 53.0 Å². The second-order valence-electron chi connectivity index (χ2n) is 14.6. The van der Waals surface area contributed by atoms with Crippen molar-refractivity contribution in [3.05, 3.63) is 77.4 Å². The molecule has 0 aliphatic heterocycles. The van der Waals surface area contributed by atoms with Crippen LogP contribution in [0.4, 0.5) is 0 Å². The maximum Gasteiger partial charge on any atom is 0.248 e. The molecule has 5 N–H and O–H groups in total. The highest BCUT2D eigenvalue weighted by molar-refractivity contribution is 6.13. The van der Waals surface area contributed by atoms with E-state index in [-0.39, 0.29) is 13.2 Å². The monoisotopic (exact) mass is 797 g/mol. The van der Waals surface area contributed by atoms with E-state index in [1.54, 1.807) is 37.6 Å². The molecule has 6 aromatic heterocycles. The fourth-order valence-corrected chi connectivity index (χ4v) is 8.06. The quantitative estimate of drug-likeness (QED) is 0.0983. The number of methoxy groups -OCH3 is 1. The molecule has 0 spiro atoms. The molecule has 0 saturated carbocycles. The number of carbonyl (C=O) groups is 2. The van der Waals surface area contributed by atoms with Gasteiger partial charge in [0.15, 0.2) is 5.82 Å². The van der Waals surface area contributed by atoms with Crippen molar-refractivity contribution in [2.45, 2.75) is 73.1 Å². The molecule has 59 heavy (non-hydrogen) atoms. The number of pyridine rings is 1. The van der Waals surface area contributed by atoms with Crippen LogP contribution in [0.25, 0.3) is 66.6 Å². The van der Waals surface area contributed by atoms with Gasteiger partial charge in [0.1, 0.15) is 22.8 Å². The minimum Gasteiger partial charge on any atom is -0.495 e. The van der Waals surface area contributed by atoms with Crippen molar-refractivity contribution in [2.24, 2.45) is 11.5 Å². The van der Waals surface area contributed by atoms with Crippen LogP contribution < -0.4 is 20.9 Å². The summed E-state index contributed by atoms with van der Waals surface area (Å²) in [6, 6.07) is 13.0. The molecule has 8 aromatic rings. The van der Waals surface area contributed by atoms with E-state index < -0.39 is 11.8 Å². The number of ether oxygens (including phenoxy) is 2. The molecule has 16 nitrogen and oxygen atoms in total. The Balaban J connectivity index is 1.23. The van der Waals surface area contributed by atoms with Crippen molar-refractivity contribution < 1.29 is 24.2 Å². The lowest BCUT2D eigenvalue weighted by Crippen LogP contribution is -2.12. The Labute approximate surface area is 339 Å². The zero-order chi connectivity index (χ0) is 41.5. The van der Waals surface area contributed by atoms with Gasteiger partial charge in [-0.25, -0.2) is 9.97 Å². The zero-order valence-electron chi connectivity index (χ0n) is 33.8. The number of nitrogens with two attached hydrogens (primary N) is 2. The lowest BCUT2D eigenvalue weighted by Gasteiger charge is -2.14. The Morgan fingerprint density at radius 1 is 0.712 bits per heavy atom. The van der Waals surface area contributed by atoms with Crippen LogP contribution in [0.1, 0.15) is 65.2 Å². The van der Waals surface area contributed by atoms with Crippen molar-refractivity contribution >= 4 is 55.6 Å². The van der Waals surface area contributed by atoms with Crippen LogP contribution in [-0.4, -0.2) is 80.9 Å². The van der Waals surface area contributed by atoms with E-state index in [1.165, 1.54) is 0 Å². The molecule has 0 unspecified atom stereocenters. The smallest absolute Gasteiger partial charge is 0.248 e. The number of aryl methyl sites for hydroxylation is 6. The molecule has 6 heterocycles. The third kappa shape index (κ3) is 6.98. The number of hydrogen-bond acceptors (Lipinski definition) is 10. The number of aliphatic hydroxyl groups is 1. The highest BCUT2D eigenvalue weighted by Gasteiger charge is 2.23. The summed E-state index contributed by atoms with van der Waals surface area (Å²) in [4.78, 5) is 39.8. The van der Waals surface area contributed by atoms with E-state index in [1.807, 2.05) is 55.4 Å². The van der Waals surface area contributed by atoms with Crippen LogP contribution in [0.15, 0.2) is 54.9 Å². The molecule has 304 valence electrons. The van der Waals surface area contributed by atoms with E-state index >= 15 is 0 Å². The molecule has 8 rings (SSSR count). The maximum atomic E-state index is 12.6. The lowest BCUT2D eigenvalue weighted by molar-refractivity contribution is 0.0991. The number of aliphatic hydroxyl groups excluding tert-OH is 1. The number of rotatable bonds is 16. The SMILES string of the molecule is CCn1nc(C)cc1-c1cc2c(cn1)c1cc(C(N)=O)cc(OCCCO)c1n2CCCCn1c2nc(-c3cc(C)nn3CC)ncc2c2cc(C(N)=O)cc(OC)c21. The van der Waals surface area contributed by atoms with Crippen LogP contribution in [0.2, 0.25) is 0 Å². The fourth-order valence-electron chi connectivity index (χ4n) is 8.06. The first-order valence-electron chi connectivity index (χ1n) is 19.8. The number of amides is 2. The van der Waals surface area contributed by atoms with Crippen molar-refractivity contribution in [3.8, 4) is 34.4 Å². The van der Waals surface area contributed by atoms with Gasteiger partial charge in [0.2, 0.25) is 11.8 Å². The first-order valence-corrected chi connectivity index (χ1v) is 19.8. The predicted molar refractivity (Wildman–Crippen MR) is 226 cm³/mol. The molecule has 0 aliphatic carbocycles. The Bertz CT molecular complexity index is 2920. The summed E-state index contributed by atoms with van der Waals surface area (Å²) in [6.45, 7) is 10.7. The van der Waals surface area contributed by atoms with E-state index in [9.17, 15) is 14.7 Å². The standard InChI is InChI=1S/C43H47N11O5/c1-6-53-34(15-24(3)49-53)32-21-33-30(22-46-32)28-17-27(41(45)57)20-37(59-14-10-13-55)39(28)51(33)11-8-9-12-52-38-29(18-26(40(44)56)19-36(38)58-5)31-23-47-42(48-43(31)52)35-16-25(4)50-54(35)7-2/h15-23,55H,6-14H2,1-5H3,(H2,44,56)(H2,45,57). The van der Waals surface area contributed by atoms with Gasteiger partial charge in [0, 0.05) is 84.3 Å². The lowest BCUT2D eigenvalue weighted by atomic mass is 10.1. The van der Waals surface area contributed by atoms with Gasteiger partial charge in [0.25, 0.3) is 0 Å². The van der Waals surface area contributed by atoms with Gasteiger partial charge >= 0.3 is 0 Å². The molecule has 0 fully saturated rings. The van der Waals surface area contributed by atoms with Gasteiger partial charge in [-0.3, -0.25) is 23.9 Å². The molecular formula is C43H47N11O5. The summed E-state index contributed by atoms with van der Waals surface area (Å²) in [6.07, 6.45) is 5.48. The number of benzene rings is 2. The van der Waals surface area contributed by atoms with Crippen LogP contribution >= 0.6 is 0 Å². The third-order valence-corrected chi connectivity index (χ3v) is 10.7. The van der Waals surface area contributed by atoms with Crippen LogP contribution in [0.5, 0.6) is 11.5 Å². The second-order valence-corrected chi connectivity index (χ2v) is 14.6. The Hall–Kier alpha value is -6.81. The average molecular weight is 798 g/mol. The molecular weight excluding hydrogens is 751 g/mol. The summed E-state index contributed by atoms with van der Waals surface area (Å²) in [5, 5.41) is 22.0. The number of unbranched alkanes of at least 4 members (excludes halogenated alkanes) is 1. The van der Waals surface area contributed by atoms with Gasteiger partial charge in [-0.05, 0) is 83.0 Å². The van der Waals surface area contributed by atoms with Crippen molar-refractivity contribution in [2.75, 3.05) is 20.3 Å². The first kappa shape index (κ1) is 39.0. The van der Waals surface area contributed by atoms with Gasteiger partial charge < -0.3 is 35.2 Å². The third-order valence-electron chi connectivity index (χ3n) is 10.7. The van der Waals surface area contributed by atoms with Gasteiger partial charge in [-0.1, -0.05) is 0 Å². The summed E-state index contributed by atoms with van der Waals surface area (Å²) >= 11 is 0. The maximum absolute atomic E-state index is 12.6. The molecule has 2 aromatic carbocycles. The summed E-state index contributed by atoms with van der Waals surface area (Å²) < 4.78 is 20.3. The van der Waals surface area contributed by atoms with Crippen LogP contribution in [0, 0.1) is 13.8 Å². The normalized spacial score (nSPS) is 11.8. The van der Waals surface area contributed by atoms with E-state index in [0.29, 0.717) is 73.1 Å². The minimum absolute atomic E-state index is 0.0366. The fraction of sp³-hybridized carbons (Fsp3) is 0.326. The average Bonchev–Trinajstić information content (AvgIpc) is 3.98. The molecule has 0 saturated heterocycles. The van der Waals surface area contributed by atoms with E-state index in [4.69, 9.17) is 35.9 Å². The number of hydrogen-bond donors (Lipinski definition) is 3. The summed E-state index contributed by atoms with van der Waals surface area (Å²) in [5.74, 6) is 0.408. The molecule has 2 amide bonds. The van der Waals surface area contributed by atoms with E-state index in [2.05, 4.69) is 25.4 Å². The summed E-state index contributed by atoms with van der Waals surface area (Å²) in [5.41, 5.74) is 19.7. The summed E-state index contributed by atoms with van der Waals surface area (Å²) in [7, 11) is 1.57. The van der Waals surface area contributed by atoms with Crippen LogP contribution in [0.3, 0.4) is 0 Å². The molecule has 0 aliphatic rings. The Kier molecular flexibility index (Phi) is 10.5. The first-order chi connectivity index (χ1) is 28.5. The van der Waals surface area contributed by atoms with Gasteiger partial charge in [-0.15, -0.1) is 0 Å². The van der Waals surface area contributed by atoms with Crippen molar-refractivity contribution in [1.29, 1.82) is 0 Å². The number of carbonyl (C=O) groups excluding carboxylic acids is 2. The number of primary amides is 2. The molecule has 16 heteroatoms. The Morgan fingerprint density at radius 3 is 1.95 bits per heavy atom. The molecule has 0 bridgehead atoms. The minimum atomic E-state index is -0.572. The Morgan fingerprint density at radius 2 is 1.31 bits per heavy atom. The van der Waals surface area contributed by atoms with E-state index in [0.717, 1.165) is 73.0 Å². The highest BCUT2D eigenvalue weighted by atomic mass is 16.5. The number of aromatic nitrogens is 9. The molecule has 0 atom stereocenters. The predicted octanol–water partition coefficient (Wildman–Crippen LogP) is 5.92. The van der Waals surface area contributed by atoms with Crippen LogP contribution in [-0.2, 0) is 26.2 Å². The highest BCUT2D eigenvalue weighted by Crippen LogP contribution is 2.39. The van der Waals surface area contributed by atoms with Gasteiger partial charge in [-0.2, -0.15) is 10.2 Å². The number of nitrogens with zero attached hydrogens (tertiary/aromatic N) is 9. The second kappa shape index (κ2) is 15.9. The van der Waals surface area contributed by atoms with Crippen molar-refractivity contribution in [1.82, 2.24) is 43.6 Å². The largest absolute Gasteiger partial charge is 0.495 e.